The second-order valence-corrected chi connectivity index (χ2v) is 7.63. The Balaban J connectivity index is 1.59. The Kier molecular flexibility index (Phi) is 5.72. The van der Waals surface area contributed by atoms with E-state index < -0.39 is 0 Å². The summed E-state index contributed by atoms with van der Waals surface area (Å²) in [6, 6.07) is 17.7. The zero-order valence-corrected chi connectivity index (χ0v) is 16.3. The van der Waals surface area contributed by atoms with Crippen LogP contribution in [0.25, 0.3) is 10.4 Å². The van der Waals surface area contributed by atoms with Crippen molar-refractivity contribution in [3.63, 3.8) is 0 Å². The van der Waals surface area contributed by atoms with E-state index in [2.05, 4.69) is 9.97 Å². The monoisotopic (exact) mass is 403 g/mol. The van der Waals surface area contributed by atoms with Crippen LogP contribution in [0.5, 0.6) is 0 Å². The number of hydrogen-bond donors (Lipinski definition) is 0. The van der Waals surface area contributed by atoms with Crippen molar-refractivity contribution in [1.82, 2.24) is 14.9 Å². The predicted molar refractivity (Wildman–Crippen MR) is 112 cm³/mol. The van der Waals surface area contributed by atoms with Crippen LogP contribution in [0.15, 0.2) is 85.5 Å². The molecule has 4 nitrogen and oxygen atoms in total. The van der Waals surface area contributed by atoms with E-state index in [1.54, 1.807) is 41.8 Å². The van der Waals surface area contributed by atoms with E-state index in [-0.39, 0.29) is 11.7 Å². The number of aromatic nitrogens is 2. The van der Waals surface area contributed by atoms with Crippen LogP contribution in [0.2, 0.25) is 0 Å². The maximum absolute atomic E-state index is 13.3. The van der Waals surface area contributed by atoms with Gasteiger partial charge in [-0.3, -0.25) is 14.8 Å². The fourth-order valence-electron chi connectivity index (χ4n) is 3.00. The van der Waals surface area contributed by atoms with Crippen molar-refractivity contribution in [2.24, 2.45) is 0 Å². The molecule has 1 amide bonds. The molecule has 0 saturated heterocycles. The number of nitrogens with zero attached hydrogens (tertiary/aromatic N) is 3. The second kappa shape index (κ2) is 8.75. The predicted octanol–water partition coefficient (Wildman–Crippen LogP) is 5.19. The lowest BCUT2D eigenvalue weighted by molar-refractivity contribution is 0.0735. The van der Waals surface area contributed by atoms with E-state index in [0.717, 1.165) is 21.6 Å². The van der Waals surface area contributed by atoms with Crippen molar-refractivity contribution >= 4 is 17.2 Å². The second-order valence-electron chi connectivity index (χ2n) is 6.55. The SMILES string of the molecule is O=C(c1ccc(-c2ccc(F)cc2)s1)N(Cc1ccncc1)Cc1cccnc1. The summed E-state index contributed by atoms with van der Waals surface area (Å²) in [5.74, 6) is -0.328. The normalized spacial score (nSPS) is 10.7. The molecule has 3 heterocycles. The topological polar surface area (TPSA) is 46.1 Å². The average Bonchev–Trinajstić information content (AvgIpc) is 3.25. The fourth-order valence-corrected chi connectivity index (χ4v) is 3.98. The van der Waals surface area contributed by atoms with E-state index in [0.29, 0.717) is 18.0 Å². The van der Waals surface area contributed by atoms with Crippen LogP contribution in [0.1, 0.15) is 20.8 Å². The molecule has 0 saturated carbocycles. The summed E-state index contributed by atoms with van der Waals surface area (Å²) in [5, 5.41) is 0. The highest BCUT2D eigenvalue weighted by atomic mass is 32.1. The molecule has 144 valence electrons. The summed E-state index contributed by atoms with van der Waals surface area (Å²) in [5.41, 5.74) is 2.86. The van der Waals surface area contributed by atoms with Gasteiger partial charge in [0.2, 0.25) is 0 Å². The van der Waals surface area contributed by atoms with Crippen molar-refractivity contribution in [3.05, 3.63) is 107 Å². The largest absolute Gasteiger partial charge is 0.329 e. The van der Waals surface area contributed by atoms with E-state index in [9.17, 15) is 9.18 Å². The fraction of sp³-hybridized carbons (Fsp3) is 0.0870. The van der Waals surface area contributed by atoms with E-state index in [1.165, 1.54) is 23.5 Å². The van der Waals surface area contributed by atoms with Gasteiger partial charge < -0.3 is 4.90 Å². The molecule has 0 bridgehead atoms. The van der Waals surface area contributed by atoms with Gasteiger partial charge in [0.1, 0.15) is 5.82 Å². The molecule has 4 rings (SSSR count). The van der Waals surface area contributed by atoms with Gasteiger partial charge in [0, 0.05) is 42.8 Å². The van der Waals surface area contributed by atoms with Crippen molar-refractivity contribution < 1.29 is 9.18 Å². The summed E-state index contributed by atoms with van der Waals surface area (Å²) in [4.78, 5) is 24.9. The molecule has 0 spiro atoms. The van der Waals surface area contributed by atoms with Crippen molar-refractivity contribution in [1.29, 1.82) is 0 Å². The summed E-state index contributed by atoms with van der Waals surface area (Å²) < 4.78 is 13.2. The maximum atomic E-state index is 13.3. The Hall–Kier alpha value is -3.38. The third kappa shape index (κ3) is 4.73. The van der Waals surface area contributed by atoms with Gasteiger partial charge in [-0.1, -0.05) is 18.2 Å². The standard InChI is InChI=1S/C23H18FN3OS/c24-20-5-3-19(4-6-20)21-7-8-22(29-21)23(28)27(15-17-9-12-25-13-10-17)16-18-2-1-11-26-14-18/h1-14H,15-16H2. The van der Waals surface area contributed by atoms with Crippen LogP contribution in [0, 0.1) is 5.82 Å². The first-order valence-corrected chi connectivity index (χ1v) is 9.93. The molecular formula is C23H18FN3OS. The molecule has 0 fully saturated rings. The zero-order valence-electron chi connectivity index (χ0n) is 15.5. The van der Waals surface area contributed by atoms with Gasteiger partial charge in [-0.2, -0.15) is 0 Å². The smallest absolute Gasteiger partial charge is 0.264 e. The molecule has 1 aromatic carbocycles. The van der Waals surface area contributed by atoms with Crippen molar-refractivity contribution in [2.45, 2.75) is 13.1 Å². The number of carbonyl (C=O) groups is 1. The summed E-state index contributed by atoms with van der Waals surface area (Å²) >= 11 is 1.41. The molecule has 0 aliphatic heterocycles. The van der Waals surface area contributed by atoms with E-state index in [4.69, 9.17) is 0 Å². The molecule has 0 aliphatic carbocycles. The summed E-state index contributed by atoms with van der Waals surface area (Å²) in [6.45, 7) is 0.929. The maximum Gasteiger partial charge on any atom is 0.264 e. The number of pyridine rings is 2. The van der Waals surface area contributed by atoms with Gasteiger partial charge in [-0.25, -0.2) is 4.39 Å². The molecule has 0 atom stereocenters. The Labute approximate surface area is 172 Å². The number of amides is 1. The lowest BCUT2D eigenvalue weighted by Crippen LogP contribution is -2.29. The molecular weight excluding hydrogens is 385 g/mol. The molecule has 3 aromatic heterocycles. The number of thiophene rings is 1. The first-order chi connectivity index (χ1) is 14.2. The lowest BCUT2D eigenvalue weighted by atomic mass is 10.2. The highest BCUT2D eigenvalue weighted by molar-refractivity contribution is 7.17. The molecule has 0 unspecified atom stereocenters. The quantitative estimate of drug-likeness (QED) is 0.445. The highest BCUT2D eigenvalue weighted by Gasteiger charge is 2.19. The van der Waals surface area contributed by atoms with Crippen LogP contribution in [0.3, 0.4) is 0 Å². The molecule has 29 heavy (non-hydrogen) atoms. The number of carbonyl (C=O) groups excluding carboxylic acids is 1. The van der Waals surface area contributed by atoms with E-state index in [1.807, 2.05) is 36.4 Å². The zero-order chi connectivity index (χ0) is 20.1. The first-order valence-electron chi connectivity index (χ1n) is 9.12. The molecule has 4 aromatic rings. The number of benzene rings is 1. The van der Waals surface area contributed by atoms with Crippen LogP contribution >= 0.6 is 11.3 Å². The van der Waals surface area contributed by atoms with Crippen LogP contribution in [-0.4, -0.2) is 20.8 Å². The number of hydrogen-bond acceptors (Lipinski definition) is 4. The Morgan fingerprint density at radius 1 is 0.862 bits per heavy atom. The van der Waals surface area contributed by atoms with Gasteiger partial charge in [0.05, 0.1) is 4.88 Å². The van der Waals surface area contributed by atoms with Gasteiger partial charge in [0.25, 0.3) is 5.91 Å². The Morgan fingerprint density at radius 3 is 2.34 bits per heavy atom. The molecule has 0 N–H and O–H groups in total. The third-order valence-electron chi connectivity index (χ3n) is 4.45. The summed E-state index contributed by atoms with van der Waals surface area (Å²) in [7, 11) is 0. The summed E-state index contributed by atoms with van der Waals surface area (Å²) in [6.07, 6.45) is 6.93. The first kappa shape index (κ1) is 19.0. The minimum absolute atomic E-state index is 0.0518. The third-order valence-corrected chi connectivity index (χ3v) is 5.57. The number of rotatable bonds is 6. The van der Waals surface area contributed by atoms with Crippen LogP contribution in [-0.2, 0) is 13.1 Å². The molecule has 0 aliphatic rings. The molecule has 0 radical (unpaired) electrons. The Bertz CT molecular complexity index is 1040. The Morgan fingerprint density at radius 2 is 1.62 bits per heavy atom. The van der Waals surface area contributed by atoms with Gasteiger partial charge in [-0.15, -0.1) is 11.3 Å². The van der Waals surface area contributed by atoms with Gasteiger partial charge in [-0.05, 0) is 59.2 Å². The highest BCUT2D eigenvalue weighted by Crippen LogP contribution is 2.29. The average molecular weight is 403 g/mol. The molecule has 6 heteroatoms. The lowest BCUT2D eigenvalue weighted by Gasteiger charge is -2.22. The minimum atomic E-state index is -0.276. The van der Waals surface area contributed by atoms with Crippen LogP contribution in [0.4, 0.5) is 4.39 Å². The minimum Gasteiger partial charge on any atom is -0.329 e. The number of halogens is 1. The van der Waals surface area contributed by atoms with Crippen LogP contribution < -0.4 is 0 Å². The van der Waals surface area contributed by atoms with Gasteiger partial charge in [0.15, 0.2) is 0 Å². The van der Waals surface area contributed by atoms with Gasteiger partial charge >= 0.3 is 0 Å². The van der Waals surface area contributed by atoms with Crippen molar-refractivity contribution in [2.75, 3.05) is 0 Å². The van der Waals surface area contributed by atoms with E-state index >= 15 is 0 Å². The van der Waals surface area contributed by atoms with Crippen molar-refractivity contribution in [3.8, 4) is 10.4 Å².